The van der Waals surface area contributed by atoms with Gasteiger partial charge in [-0.2, -0.15) is 0 Å². The molecule has 20 heavy (non-hydrogen) atoms. The lowest BCUT2D eigenvalue weighted by Gasteiger charge is -2.13. The topological polar surface area (TPSA) is 51.2 Å². The van der Waals surface area contributed by atoms with E-state index in [2.05, 4.69) is 10.3 Å². The smallest absolute Gasteiger partial charge is 0.255 e. The maximum absolute atomic E-state index is 12.1. The number of rotatable bonds is 3. The van der Waals surface area contributed by atoms with Crippen molar-refractivity contribution in [2.45, 2.75) is 6.92 Å². The van der Waals surface area contributed by atoms with Crippen LogP contribution in [-0.2, 0) is 0 Å². The monoisotopic (exact) mass is 312 g/mol. The quantitative estimate of drug-likeness (QED) is 0.939. The number of carbonyl (C=O) groups excluding carboxylic acids is 1. The Hall–Kier alpha value is -1.78. The molecule has 1 heterocycles. The summed E-state index contributed by atoms with van der Waals surface area (Å²) in [4.78, 5) is 15.9. The molecule has 6 heteroatoms. The molecule has 1 amide bonds. The first-order valence-electron chi connectivity index (χ1n) is 5.67. The first-order chi connectivity index (χ1) is 9.11. The highest BCUT2D eigenvalue weighted by Crippen LogP contribution is 2.32. The van der Waals surface area contributed by atoms with Crippen molar-refractivity contribution in [3.63, 3.8) is 0 Å². The van der Waals surface area contributed by atoms with Crippen LogP contribution in [0.5, 0.6) is 5.75 Å². The van der Waals surface area contributed by atoms with Crippen LogP contribution in [0.4, 0.5) is 5.69 Å². The minimum atomic E-state index is -0.234. The summed E-state index contributed by atoms with van der Waals surface area (Å²) in [5.74, 6) is 0.370. The molecule has 0 saturated carbocycles. The molecule has 2 rings (SSSR count). The molecule has 1 aromatic carbocycles. The molecule has 0 fully saturated rings. The average Bonchev–Trinajstić information content (AvgIpc) is 2.39. The molecule has 0 unspecified atom stereocenters. The Bertz CT molecular complexity index is 604. The number of carbonyl (C=O) groups is 1. The minimum absolute atomic E-state index is 0. The summed E-state index contributed by atoms with van der Waals surface area (Å²) < 4.78 is 5.28. The van der Waals surface area contributed by atoms with Crippen LogP contribution in [0.15, 0.2) is 36.7 Å². The van der Waals surface area contributed by atoms with Gasteiger partial charge in [0.15, 0.2) is 0 Å². The molecule has 0 radical (unpaired) electrons. The number of aromatic nitrogens is 1. The van der Waals surface area contributed by atoms with Gasteiger partial charge in [-0.25, -0.2) is 0 Å². The maximum Gasteiger partial charge on any atom is 0.255 e. The molecule has 0 bridgehead atoms. The lowest BCUT2D eigenvalue weighted by atomic mass is 10.1. The summed E-state index contributed by atoms with van der Waals surface area (Å²) in [5.41, 5.74) is 1.93. The minimum Gasteiger partial charge on any atom is -0.494 e. The number of methoxy groups -OCH3 is 1. The Morgan fingerprint density at radius 1 is 1.30 bits per heavy atom. The highest BCUT2D eigenvalue weighted by atomic mass is 35.5. The molecule has 0 aliphatic carbocycles. The first-order valence-corrected chi connectivity index (χ1v) is 6.05. The largest absolute Gasteiger partial charge is 0.494 e. The number of halogens is 2. The highest BCUT2D eigenvalue weighted by molar-refractivity contribution is 6.31. The zero-order chi connectivity index (χ0) is 13.8. The third-order valence-corrected chi connectivity index (χ3v) is 2.85. The molecule has 0 aliphatic rings. The van der Waals surface area contributed by atoms with Crippen LogP contribution in [0.25, 0.3) is 0 Å². The van der Waals surface area contributed by atoms with Crippen molar-refractivity contribution in [1.29, 1.82) is 0 Å². The third kappa shape index (κ3) is 3.62. The van der Waals surface area contributed by atoms with Crippen LogP contribution in [0.2, 0.25) is 5.02 Å². The Morgan fingerprint density at radius 3 is 2.55 bits per heavy atom. The number of amides is 1. The van der Waals surface area contributed by atoms with Crippen molar-refractivity contribution >= 4 is 35.6 Å². The lowest BCUT2D eigenvalue weighted by Crippen LogP contribution is -2.13. The summed E-state index contributed by atoms with van der Waals surface area (Å²) in [6, 6.07) is 6.72. The van der Waals surface area contributed by atoms with Gasteiger partial charge in [0.1, 0.15) is 5.75 Å². The predicted octanol–water partition coefficient (Wildman–Crippen LogP) is 3.73. The number of aryl methyl sites for hydroxylation is 1. The molecule has 1 aromatic heterocycles. The summed E-state index contributed by atoms with van der Waals surface area (Å²) in [6.45, 7) is 1.87. The van der Waals surface area contributed by atoms with E-state index >= 15 is 0 Å². The van der Waals surface area contributed by atoms with Crippen molar-refractivity contribution in [1.82, 2.24) is 4.98 Å². The van der Waals surface area contributed by atoms with Gasteiger partial charge in [0.25, 0.3) is 5.91 Å². The molecule has 0 spiro atoms. The standard InChI is InChI=1S/C14H13ClN2O2.ClH/c1-9-7-11(15)8-12(13(9)19-2)17-14(18)10-3-5-16-6-4-10;/h3-8H,1-2H3,(H,17,18);1H. The van der Waals surface area contributed by atoms with Crippen LogP contribution in [0.3, 0.4) is 0 Å². The SMILES string of the molecule is COc1c(C)cc(Cl)cc1NC(=O)c1ccncc1.Cl. The van der Waals surface area contributed by atoms with Crippen molar-refractivity contribution in [2.24, 2.45) is 0 Å². The van der Waals surface area contributed by atoms with Crippen LogP contribution >= 0.6 is 24.0 Å². The van der Waals surface area contributed by atoms with Crippen molar-refractivity contribution < 1.29 is 9.53 Å². The molecule has 4 nitrogen and oxygen atoms in total. The van der Waals surface area contributed by atoms with E-state index in [-0.39, 0.29) is 18.3 Å². The number of pyridine rings is 1. The highest BCUT2D eigenvalue weighted by Gasteiger charge is 2.12. The first kappa shape index (κ1) is 16.3. The van der Waals surface area contributed by atoms with Gasteiger partial charge in [-0.3, -0.25) is 9.78 Å². The maximum atomic E-state index is 12.1. The number of hydrogen-bond donors (Lipinski definition) is 1. The summed E-state index contributed by atoms with van der Waals surface area (Å²) in [6.07, 6.45) is 3.13. The second kappa shape index (κ2) is 7.12. The Kier molecular flexibility index (Phi) is 5.80. The van der Waals surface area contributed by atoms with Gasteiger partial charge in [-0.05, 0) is 36.8 Å². The second-order valence-corrected chi connectivity index (χ2v) is 4.43. The van der Waals surface area contributed by atoms with E-state index in [0.717, 1.165) is 5.56 Å². The van der Waals surface area contributed by atoms with Gasteiger partial charge >= 0.3 is 0 Å². The number of hydrogen-bond acceptors (Lipinski definition) is 3. The summed E-state index contributed by atoms with van der Waals surface area (Å²) in [5, 5.41) is 3.33. The fraction of sp³-hybridized carbons (Fsp3) is 0.143. The third-order valence-electron chi connectivity index (χ3n) is 2.63. The van der Waals surface area contributed by atoms with Gasteiger partial charge in [0.05, 0.1) is 12.8 Å². The van der Waals surface area contributed by atoms with Gasteiger partial charge in [0, 0.05) is 23.0 Å². The summed E-state index contributed by atoms with van der Waals surface area (Å²) in [7, 11) is 1.55. The zero-order valence-corrected chi connectivity index (χ0v) is 12.6. The van der Waals surface area contributed by atoms with E-state index in [4.69, 9.17) is 16.3 Å². The van der Waals surface area contributed by atoms with Gasteiger partial charge < -0.3 is 10.1 Å². The number of ether oxygens (including phenoxy) is 1. The lowest BCUT2D eigenvalue weighted by molar-refractivity contribution is 0.102. The van der Waals surface area contributed by atoms with Crippen molar-refractivity contribution in [3.8, 4) is 5.75 Å². The fourth-order valence-electron chi connectivity index (χ4n) is 1.79. The molecule has 106 valence electrons. The molecular formula is C14H14Cl2N2O2. The van der Waals surface area contributed by atoms with Gasteiger partial charge in [0.2, 0.25) is 0 Å². The van der Waals surface area contributed by atoms with Crippen LogP contribution < -0.4 is 10.1 Å². The molecule has 2 aromatic rings. The Labute approximate surface area is 128 Å². The van der Waals surface area contributed by atoms with Crippen molar-refractivity contribution in [2.75, 3.05) is 12.4 Å². The average molecular weight is 313 g/mol. The van der Waals surface area contributed by atoms with Crippen LogP contribution in [0, 0.1) is 6.92 Å². The fourth-order valence-corrected chi connectivity index (χ4v) is 2.06. The van der Waals surface area contributed by atoms with Crippen LogP contribution in [0.1, 0.15) is 15.9 Å². The Balaban J connectivity index is 0.00000200. The van der Waals surface area contributed by atoms with Crippen molar-refractivity contribution in [3.05, 3.63) is 52.8 Å². The molecule has 0 saturated heterocycles. The predicted molar refractivity (Wildman–Crippen MR) is 82.2 cm³/mol. The number of anilines is 1. The van der Waals surface area contributed by atoms with E-state index in [9.17, 15) is 4.79 Å². The number of nitrogens with zero attached hydrogens (tertiary/aromatic N) is 1. The molecule has 1 N–H and O–H groups in total. The zero-order valence-electron chi connectivity index (χ0n) is 11.0. The normalized spacial score (nSPS) is 9.55. The van der Waals surface area contributed by atoms with E-state index in [1.54, 1.807) is 43.8 Å². The van der Waals surface area contributed by atoms with E-state index in [1.807, 2.05) is 6.92 Å². The Morgan fingerprint density at radius 2 is 1.95 bits per heavy atom. The summed E-state index contributed by atoms with van der Waals surface area (Å²) >= 11 is 5.99. The van der Waals surface area contributed by atoms with E-state index in [1.165, 1.54) is 0 Å². The number of benzene rings is 1. The molecular weight excluding hydrogens is 299 g/mol. The van der Waals surface area contributed by atoms with Gasteiger partial charge in [-0.15, -0.1) is 12.4 Å². The molecule has 0 atom stereocenters. The van der Waals surface area contributed by atoms with Gasteiger partial charge in [-0.1, -0.05) is 11.6 Å². The van der Waals surface area contributed by atoms with E-state index < -0.39 is 0 Å². The number of nitrogens with one attached hydrogen (secondary N) is 1. The van der Waals surface area contributed by atoms with Crippen LogP contribution in [-0.4, -0.2) is 18.0 Å². The van der Waals surface area contributed by atoms with E-state index in [0.29, 0.717) is 22.0 Å². The molecule has 0 aliphatic heterocycles. The second-order valence-electron chi connectivity index (χ2n) is 3.99.